The highest BCUT2D eigenvalue weighted by atomic mass is 19.1. The monoisotopic (exact) mass is 437 g/mol. The highest BCUT2D eigenvalue weighted by molar-refractivity contribution is 5.65. The van der Waals surface area contributed by atoms with Crippen molar-refractivity contribution in [2.45, 2.75) is 26.1 Å². The molecular weight excluding hydrogens is 409 g/mol. The van der Waals surface area contributed by atoms with E-state index in [0.29, 0.717) is 30.4 Å². The zero-order valence-corrected chi connectivity index (χ0v) is 18.9. The van der Waals surface area contributed by atoms with Gasteiger partial charge in [0.25, 0.3) is 0 Å². The predicted molar refractivity (Wildman–Crippen MR) is 122 cm³/mol. The van der Waals surface area contributed by atoms with Crippen LogP contribution in [-0.2, 0) is 13.1 Å². The van der Waals surface area contributed by atoms with Crippen LogP contribution in [0.3, 0.4) is 0 Å². The Kier molecular flexibility index (Phi) is 6.51. The molecule has 0 unspecified atom stereocenters. The fraction of sp³-hybridized carbons (Fsp3) is 0.308. The van der Waals surface area contributed by atoms with Crippen LogP contribution in [0.1, 0.15) is 18.1 Å². The fourth-order valence-corrected chi connectivity index (χ4v) is 4.03. The third-order valence-electron chi connectivity index (χ3n) is 5.83. The molecule has 1 heterocycles. The van der Waals surface area contributed by atoms with Crippen LogP contribution in [0.4, 0.5) is 4.39 Å². The van der Waals surface area contributed by atoms with E-state index in [4.69, 9.17) is 18.9 Å². The van der Waals surface area contributed by atoms with Gasteiger partial charge in [-0.2, -0.15) is 0 Å². The number of rotatable bonds is 6. The van der Waals surface area contributed by atoms with Gasteiger partial charge in [0.05, 0.1) is 21.3 Å². The molecule has 1 aliphatic heterocycles. The maximum atomic E-state index is 13.3. The van der Waals surface area contributed by atoms with Crippen molar-refractivity contribution in [3.8, 4) is 34.1 Å². The largest absolute Gasteiger partial charge is 0.493 e. The molecule has 5 nitrogen and oxygen atoms in total. The number of ether oxygens (including phenoxy) is 4. The molecule has 32 heavy (non-hydrogen) atoms. The summed E-state index contributed by atoms with van der Waals surface area (Å²) in [6.07, 6.45) is 0. The summed E-state index contributed by atoms with van der Waals surface area (Å²) < 4.78 is 35.9. The molecular formula is C26H28FNO4. The van der Waals surface area contributed by atoms with Crippen molar-refractivity contribution in [1.29, 1.82) is 0 Å². The van der Waals surface area contributed by atoms with Gasteiger partial charge in [0.2, 0.25) is 5.75 Å². The van der Waals surface area contributed by atoms with Gasteiger partial charge in [0, 0.05) is 24.7 Å². The van der Waals surface area contributed by atoms with E-state index in [2.05, 4.69) is 17.9 Å². The lowest BCUT2D eigenvalue weighted by Crippen LogP contribution is -2.34. The number of halogens is 1. The average Bonchev–Trinajstić information content (AvgIpc) is 2.97. The highest BCUT2D eigenvalue weighted by Crippen LogP contribution is 2.39. The molecule has 3 aromatic carbocycles. The molecule has 3 aromatic rings. The van der Waals surface area contributed by atoms with Crippen molar-refractivity contribution >= 4 is 0 Å². The van der Waals surface area contributed by atoms with Crippen LogP contribution in [0.5, 0.6) is 23.0 Å². The smallest absolute Gasteiger partial charge is 0.203 e. The van der Waals surface area contributed by atoms with E-state index in [1.165, 1.54) is 12.1 Å². The van der Waals surface area contributed by atoms with Crippen LogP contribution < -0.4 is 18.9 Å². The topological polar surface area (TPSA) is 40.2 Å². The molecule has 0 N–H and O–H groups in total. The molecule has 0 saturated carbocycles. The van der Waals surface area contributed by atoms with Gasteiger partial charge in [0.1, 0.15) is 18.2 Å². The minimum Gasteiger partial charge on any atom is -0.493 e. The van der Waals surface area contributed by atoms with Crippen molar-refractivity contribution in [2.24, 2.45) is 0 Å². The summed E-state index contributed by atoms with van der Waals surface area (Å²) >= 11 is 0. The van der Waals surface area contributed by atoms with Crippen molar-refractivity contribution < 1.29 is 23.3 Å². The van der Waals surface area contributed by atoms with Gasteiger partial charge < -0.3 is 18.9 Å². The van der Waals surface area contributed by atoms with Gasteiger partial charge in [-0.05, 0) is 60.0 Å². The average molecular weight is 438 g/mol. The van der Waals surface area contributed by atoms with Gasteiger partial charge in [-0.15, -0.1) is 0 Å². The Morgan fingerprint density at radius 3 is 2.19 bits per heavy atom. The SMILES string of the molecule is COc1cc(CN2Cc3cc(-c4ccc(F)cc4)ccc3OC[C@@H]2C)cc(OC)c1OC. The van der Waals surface area contributed by atoms with E-state index in [0.717, 1.165) is 34.5 Å². The molecule has 0 saturated heterocycles. The van der Waals surface area contributed by atoms with E-state index in [9.17, 15) is 4.39 Å². The number of hydrogen-bond donors (Lipinski definition) is 0. The second-order valence-corrected chi connectivity index (χ2v) is 7.93. The Morgan fingerprint density at radius 1 is 0.906 bits per heavy atom. The maximum absolute atomic E-state index is 13.3. The second kappa shape index (κ2) is 9.49. The standard InChI is InChI=1S/C26H28FNO4/c1-17-16-32-23-10-7-20(19-5-8-22(27)9-6-19)13-21(23)15-28(17)14-18-11-24(29-2)26(31-4)25(12-18)30-3/h5-13,17H,14-16H2,1-4H3/t17-/m0/s1. The van der Waals surface area contributed by atoms with Gasteiger partial charge in [-0.3, -0.25) is 4.90 Å². The van der Waals surface area contributed by atoms with E-state index >= 15 is 0 Å². The zero-order valence-electron chi connectivity index (χ0n) is 18.9. The molecule has 168 valence electrons. The molecule has 0 aromatic heterocycles. The Hall–Kier alpha value is -3.25. The lowest BCUT2D eigenvalue weighted by Gasteiger charge is -2.26. The Labute approximate surface area is 188 Å². The minimum absolute atomic E-state index is 0.204. The van der Waals surface area contributed by atoms with E-state index in [1.54, 1.807) is 33.5 Å². The van der Waals surface area contributed by atoms with Gasteiger partial charge in [-0.25, -0.2) is 4.39 Å². The first-order chi connectivity index (χ1) is 15.5. The molecule has 1 atom stereocenters. The first kappa shape index (κ1) is 22.0. The third-order valence-corrected chi connectivity index (χ3v) is 5.83. The summed E-state index contributed by atoms with van der Waals surface area (Å²) in [5.41, 5.74) is 4.17. The van der Waals surface area contributed by atoms with Gasteiger partial charge in [0.15, 0.2) is 11.5 Å². The van der Waals surface area contributed by atoms with Gasteiger partial charge >= 0.3 is 0 Å². The minimum atomic E-state index is -0.239. The highest BCUT2D eigenvalue weighted by Gasteiger charge is 2.23. The quantitative estimate of drug-likeness (QED) is 0.523. The van der Waals surface area contributed by atoms with Crippen LogP contribution >= 0.6 is 0 Å². The molecule has 0 spiro atoms. The lowest BCUT2D eigenvalue weighted by atomic mass is 10.0. The summed E-state index contributed by atoms with van der Waals surface area (Å²) in [6, 6.07) is 16.9. The second-order valence-electron chi connectivity index (χ2n) is 7.93. The summed E-state index contributed by atoms with van der Waals surface area (Å²) in [5.74, 6) is 2.51. The summed E-state index contributed by atoms with van der Waals surface area (Å²) in [6.45, 7) is 4.17. The zero-order chi connectivity index (χ0) is 22.7. The molecule has 0 fully saturated rings. The van der Waals surface area contributed by atoms with Crippen molar-refractivity contribution in [3.63, 3.8) is 0 Å². The molecule has 0 radical (unpaired) electrons. The Balaban J connectivity index is 1.63. The summed E-state index contributed by atoms with van der Waals surface area (Å²) in [7, 11) is 4.84. The summed E-state index contributed by atoms with van der Waals surface area (Å²) in [4.78, 5) is 2.36. The van der Waals surface area contributed by atoms with E-state index in [-0.39, 0.29) is 11.9 Å². The van der Waals surface area contributed by atoms with Crippen LogP contribution in [0, 0.1) is 5.82 Å². The first-order valence-electron chi connectivity index (χ1n) is 10.6. The Morgan fingerprint density at radius 2 is 1.56 bits per heavy atom. The number of fused-ring (bicyclic) bond motifs is 1. The van der Waals surface area contributed by atoms with Crippen LogP contribution in [-0.4, -0.2) is 38.9 Å². The first-order valence-corrected chi connectivity index (χ1v) is 10.6. The molecule has 0 bridgehead atoms. The molecule has 6 heteroatoms. The fourth-order valence-electron chi connectivity index (χ4n) is 4.03. The molecule has 0 aliphatic carbocycles. The van der Waals surface area contributed by atoms with Crippen molar-refractivity contribution in [2.75, 3.05) is 27.9 Å². The number of nitrogens with zero attached hydrogens (tertiary/aromatic N) is 1. The number of benzene rings is 3. The van der Waals surface area contributed by atoms with Crippen LogP contribution in [0.15, 0.2) is 54.6 Å². The molecule has 1 aliphatic rings. The normalized spacial score (nSPS) is 16.0. The van der Waals surface area contributed by atoms with Crippen LogP contribution in [0.2, 0.25) is 0 Å². The lowest BCUT2D eigenvalue weighted by molar-refractivity contribution is 0.151. The molecule has 4 rings (SSSR count). The van der Waals surface area contributed by atoms with Crippen molar-refractivity contribution in [3.05, 3.63) is 71.5 Å². The Bertz CT molecular complexity index is 1060. The van der Waals surface area contributed by atoms with Crippen LogP contribution in [0.25, 0.3) is 11.1 Å². The third kappa shape index (κ3) is 4.50. The maximum Gasteiger partial charge on any atom is 0.203 e. The van der Waals surface area contributed by atoms with E-state index < -0.39 is 0 Å². The number of hydrogen-bond acceptors (Lipinski definition) is 5. The molecule has 0 amide bonds. The van der Waals surface area contributed by atoms with Gasteiger partial charge in [-0.1, -0.05) is 18.2 Å². The van der Waals surface area contributed by atoms with E-state index in [1.807, 2.05) is 24.3 Å². The summed E-state index contributed by atoms with van der Waals surface area (Å²) in [5, 5.41) is 0. The number of methoxy groups -OCH3 is 3. The predicted octanol–water partition coefficient (Wildman–Crippen LogP) is 5.30. The van der Waals surface area contributed by atoms with Crippen molar-refractivity contribution in [1.82, 2.24) is 4.90 Å².